The molecule has 94 valence electrons. The van der Waals surface area contributed by atoms with Crippen molar-refractivity contribution in [3.63, 3.8) is 0 Å². The Morgan fingerprint density at radius 2 is 2.22 bits per heavy atom. The van der Waals surface area contributed by atoms with Crippen LogP contribution in [-0.2, 0) is 0 Å². The highest BCUT2D eigenvalue weighted by atomic mass is 79.9. The Balaban J connectivity index is 2.50. The summed E-state index contributed by atoms with van der Waals surface area (Å²) >= 11 is 3.04. The quantitative estimate of drug-likeness (QED) is 0.942. The van der Waals surface area contributed by atoms with Gasteiger partial charge in [-0.15, -0.1) is 0 Å². The van der Waals surface area contributed by atoms with E-state index in [2.05, 4.69) is 25.6 Å². The summed E-state index contributed by atoms with van der Waals surface area (Å²) in [6.45, 7) is 0. The molecule has 0 unspecified atom stereocenters. The van der Waals surface area contributed by atoms with Crippen molar-refractivity contribution in [1.29, 1.82) is 0 Å². The van der Waals surface area contributed by atoms with Gasteiger partial charge < -0.3 is 14.4 Å². The summed E-state index contributed by atoms with van der Waals surface area (Å²) in [4.78, 5) is 10.7. The average molecular weight is 316 g/mol. The van der Waals surface area contributed by atoms with E-state index in [1.165, 1.54) is 25.3 Å². The molecule has 1 N–H and O–H groups in total. The molecule has 7 heteroatoms. The minimum Gasteiger partial charge on any atom is -0.494 e. The molecule has 2 aromatic rings. The van der Waals surface area contributed by atoms with Gasteiger partial charge in [-0.2, -0.15) is 0 Å². The van der Waals surface area contributed by atoms with E-state index in [1.807, 2.05) is 0 Å². The van der Waals surface area contributed by atoms with Crippen molar-refractivity contribution in [2.24, 2.45) is 0 Å². The molecule has 2 rings (SSSR count). The van der Waals surface area contributed by atoms with Crippen LogP contribution in [-0.4, -0.2) is 23.3 Å². The van der Waals surface area contributed by atoms with Crippen molar-refractivity contribution in [2.45, 2.75) is 0 Å². The molecule has 0 aliphatic rings. The van der Waals surface area contributed by atoms with E-state index in [-0.39, 0.29) is 21.7 Å². The fourth-order valence-corrected chi connectivity index (χ4v) is 1.81. The lowest BCUT2D eigenvalue weighted by Crippen LogP contribution is -1.92. The molecule has 0 atom stereocenters. The first-order valence-corrected chi connectivity index (χ1v) is 5.55. The molecule has 0 bridgehead atoms. The molecule has 0 aliphatic heterocycles. The van der Waals surface area contributed by atoms with Crippen molar-refractivity contribution in [3.8, 4) is 17.0 Å². The molecule has 5 nitrogen and oxygen atoms in total. The third-order valence-corrected chi connectivity index (χ3v) is 2.81. The van der Waals surface area contributed by atoms with E-state index in [1.54, 1.807) is 0 Å². The molecular weight excluding hydrogens is 309 g/mol. The maximum Gasteiger partial charge on any atom is 0.374 e. The Morgan fingerprint density at radius 1 is 1.50 bits per heavy atom. The Hall–Kier alpha value is -1.89. The van der Waals surface area contributed by atoms with Gasteiger partial charge in [0, 0.05) is 11.6 Å². The number of carbonyl (C=O) groups is 1. The lowest BCUT2D eigenvalue weighted by Gasteiger charge is -2.05. The second kappa shape index (κ2) is 4.77. The number of aromatic nitrogens is 1. The van der Waals surface area contributed by atoms with E-state index in [0.717, 1.165) is 0 Å². The number of halogens is 2. The lowest BCUT2D eigenvalue weighted by molar-refractivity contribution is 0.0652. The van der Waals surface area contributed by atoms with Crippen LogP contribution in [0.2, 0.25) is 0 Å². The predicted octanol–water partition coefficient (Wildman–Crippen LogP) is 2.95. The highest BCUT2D eigenvalue weighted by Crippen LogP contribution is 2.31. The minimum absolute atomic E-state index is 0.0271. The Bertz CT molecular complexity index is 611. The second-order valence-electron chi connectivity index (χ2n) is 3.36. The van der Waals surface area contributed by atoms with Gasteiger partial charge in [0.2, 0.25) is 5.76 Å². The molecule has 0 saturated carbocycles. The summed E-state index contributed by atoms with van der Waals surface area (Å²) in [6.07, 6.45) is 0. The number of methoxy groups -OCH3 is 1. The van der Waals surface area contributed by atoms with Gasteiger partial charge in [0.1, 0.15) is 5.69 Å². The van der Waals surface area contributed by atoms with Gasteiger partial charge >= 0.3 is 5.97 Å². The fraction of sp³-hybridized carbons (Fsp3) is 0.0909. The van der Waals surface area contributed by atoms with Gasteiger partial charge in [0.25, 0.3) is 0 Å². The van der Waals surface area contributed by atoms with E-state index < -0.39 is 11.8 Å². The summed E-state index contributed by atoms with van der Waals surface area (Å²) in [6, 6.07) is 4.12. The van der Waals surface area contributed by atoms with Crippen LogP contribution < -0.4 is 4.74 Å². The molecule has 0 spiro atoms. The number of hydrogen-bond donors (Lipinski definition) is 1. The predicted molar refractivity (Wildman–Crippen MR) is 63.1 cm³/mol. The number of rotatable bonds is 3. The standard InChI is InChI=1S/C11H7BrFNO4/c1-17-8-3-5(2-6(12)10(8)13)7-4-9(11(15)16)18-14-7/h2-4H,1H3,(H,15,16). The van der Waals surface area contributed by atoms with Crippen molar-refractivity contribution in [2.75, 3.05) is 7.11 Å². The fourth-order valence-electron chi connectivity index (χ4n) is 1.37. The number of aromatic carboxylic acids is 1. The molecule has 0 radical (unpaired) electrons. The largest absolute Gasteiger partial charge is 0.494 e. The first-order chi connectivity index (χ1) is 8.52. The molecule has 1 heterocycles. The number of benzene rings is 1. The minimum atomic E-state index is -1.22. The number of carboxylic acid groups (broad SMARTS) is 1. The zero-order valence-corrected chi connectivity index (χ0v) is 10.7. The van der Waals surface area contributed by atoms with Crippen LogP contribution in [0.3, 0.4) is 0 Å². The first-order valence-electron chi connectivity index (χ1n) is 4.76. The van der Waals surface area contributed by atoms with Gasteiger partial charge in [-0.05, 0) is 28.1 Å². The zero-order chi connectivity index (χ0) is 13.3. The van der Waals surface area contributed by atoms with Crippen molar-refractivity contribution >= 4 is 21.9 Å². The van der Waals surface area contributed by atoms with Crippen molar-refractivity contribution < 1.29 is 23.6 Å². The first kappa shape index (κ1) is 12.6. The summed E-state index contributed by atoms with van der Waals surface area (Å²) < 4.78 is 23.2. The van der Waals surface area contributed by atoms with Crippen molar-refractivity contribution in [1.82, 2.24) is 5.16 Å². The smallest absolute Gasteiger partial charge is 0.374 e. The van der Waals surface area contributed by atoms with E-state index in [9.17, 15) is 9.18 Å². The van der Waals surface area contributed by atoms with Crippen LogP contribution in [0.5, 0.6) is 5.75 Å². The molecule has 0 fully saturated rings. The van der Waals surface area contributed by atoms with Crippen LogP contribution >= 0.6 is 15.9 Å². The van der Waals surface area contributed by atoms with E-state index in [0.29, 0.717) is 5.56 Å². The van der Waals surface area contributed by atoms with Crippen LogP contribution in [0.1, 0.15) is 10.6 Å². The topological polar surface area (TPSA) is 72.6 Å². The highest BCUT2D eigenvalue weighted by Gasteiger charge is 2.16. The van der Waals surface area contributed by atoms with Crippen LogP contribution in [0.4, 0.5) is 4.39 Å². The lowest BCUT2D eigenvalue weighted by atomic mass is 10.1. The molecule has 0 aliphatic carbocycles. The Labute approximate surface area is 109 Å². The molecular formula is C11H7BrFNO4. The van der Waals surface area contributed by atoms with E-state index in [4.69, 9.17) is 9.84 Å². The summed E-state index contributed by atoms with van der Waals surface area (Å²) in [7, 11) is 1.33. The molecule has 18 heavy (non-hydrogen) atoms. The van der Waals surface area contributed by atoms with Gasteiger partial charge in [-0.1, -0.05) is 5.16 Å². The second-order valence-corrected chi connectivity index (χ2v) is 4.21. The Morgan fingerprint density at radius 3 is 2.78 bits per heavy atom. The molecule has 0 amide bonds. The third-order valence-electron chi connectivity index (χ3n) is 2.23. The van der Waals surface area contributed by atoms with Gasteiger partial charge in [-0.25, -0.2) is 9.18 Å². The summed E-state index contributed by atoms with van der Waals surface area (Å²) in [5, 5.41) is 12.3. The van der Waals surface area contributed by atoms with Crippen molar-refractivity contribution in [3.05, 3.63) is 34.2 Å². The highest BCUT2D eigenvalue weighted by molar-refractivity contribution is 9.10. The van der Waals surface area contributed by atoms with Crippen LogP contribution in [0.15, 0.2) is 27.2 Å². The summed E-state index contributed by atoms with van der Waals surface area (Å²) in [5.41, 5.74) is 0.766. The van der Waals surface area contributed by atoms with Gasteiger partial charge in [0.05, 0.1) is 11.6 Å². The number of hydrogen-bond acceptors (Lipinski definition) is 4. The van der Waals surface area contributed by atoms with Gasteiger partial charge in [0.15, 0.2) is 11.6 Å². The van der Waals surface area contributed by atoms with E-state index >= 15 is 0 Å². The zero-order valence-electron chi connectivity index (χ0n) is 9.11. The van der Waals surface area contributed by atoms with Crippen LogP contribution in [0, 0.1) is 5.82 Å². The molecule has 0 saturated heterocycles. The number of carboxylic acids is 1. The van der Waals surface area contributed by atoms with Gasteiger partial charge in [-0.3, -0.25) is 0 Å². The maximum atomic E-state index is 13.5. The summed E-state index contributed by atoms with van der Waals surface area (Å²) in [5.74, 6) is -2.02. The maximum absolute atomic E-state index is 13.5. The normalized spacial score (nSPS) is 10.4. The third kappa shape index (κ3) is 2.21. The van der Waals surface area contributed by atoms with Crippen LogP contribution in [0.25, 0.3) is 11.3 Å². The SMILES string of the molecule is COc1cc(-c2cc(C(=O)O)on2)cc(Br)c1F. The monoisotopic (exact) mass is 315 g/mol. The molecule has 1 aromatic carbocycles. The Kier molecular flexibility index (Phi) is 3.33. The molecule has 1 aromatic heterocycles. The number of ether oxygens (including phenoxy) is 1. The number of nitrogens with zero attached hydrogens (tertiary/aromatic N) is 1. The average Bonchev–Trinajstić information content (AvgIpc) is 2.82.